The van der Waals surface area contributed by atoms with Crippen LogP contribution in [0.15, 0.2) is 24.3 Å². The average Bonchev–Trinajstić information content (AvgIpc) is 2.01. The van der Waals surface area contributed by atoms with Crippen molar-refractivity contribution in [1.82, 2.24) is 0 Å². The number of para-hydroxylation sites is 1. The second kappa shape index (κ2) is 3.67. The molecule has 0 heterocycles. The van der Waals surface area contributed by atoms with E-state index < -0.39 is 11.6 Å². The molecule has 76 valence electrons. The van der Waals surface area contributed by atoms with E-state index in [1.165, 1.54) is 0 Å². The van der Waals surface area contributed by atoms with Crippen molar-refractivity contribution in [3.8, 4) is 0 Å². The first-order chi connectivity index (χ1) is 6.41. The number of benzene rings is 1. The fraction of sp³-hybridized carbons (Fsp3) is 0.300. The lowest BCUT2D eigenvalue weighted by Crippen LogP contribution is -2.31. The molecule has 0 spiro atoms. The smallest absolute Gasteiger partial charge is 0.316 e. The molecule has 1 rings (SSSR count). The van der Waals surface area contributed by atoms with E-state index in [1.54, 1.807) is 6.07 Å². The molecule has 0 radical (unpaired) electrons. The van der Waals surface area contributed by atoms with Crippen molar-refractivity contribution in [1.29, 1.82) is 0 Å². The second-order valence-corrected chi connectivity index (χ2v) is 3.76. The van der Waals surface area contributed by atoms with Gasteiger partial charge in [0.15, 0.2) is 0 Å². The molecular weight excluding hydrogens is 178 g/mol. The SMILES string of the molecule is CC(C)(N)c1ccccc1NC(N)=O. The monoisotopic (exact) mass is 193 g/mol. The molecule has 4 nitrogen and oxygen atoms in total. The minimum atomic E-state index is -0.582. The highest BCUT2D eigenvalue weighted by molar-refractivity contribution is 5.88. The number of carbonyl (C=O) groups excluding carboxylic acids is 1. The van der Waals surface area contributed by atoms with Gasteiger partial charge < -0.3 is 16.8 Å². The number of primary amides is 1. The zero-order chi connectivity index (χ0) is 10.8. The van der Waals surface area contributed by atoms with Crippen LogP contribution in [0.1, 0.15) is 19.4 Å². The molecule has 0 bridgehead atoms. The summed E-state index contributed by atoms with van der Waals surface area (Å²) in [6, 6.07) is 6.75. The standard InChI is InChI=1S/C10H15N3O/c1-10(2,12)7-5-3-4-6-8(7)13-9(11)14/h3-6H,12H2,1-2H3,(H3,11,13,14). The molecule has 0 aliphatic carbocycles. The molecule has 0 aliphatic heterocycles. The number of urea groups is 1. The predicted octanol–water partition coefficient (Wildman–Crippen LogP) is 1.37. The van der Waals surface area contributed by atoms with Gasteiger partial charge in [0.25, 0.3) is 0 Å². The van der Waals surface area contributed by atoms with Crippen LogP contribution >= 0.6 is 0 Å². The van der Waals surface area contributed by atoms with Gasteiger partial charge in [-0.2, -0.15) is 0 Å². The van der Waals surface area contributed by atoms with E-state index >= 15 is 0 Å². The van der Waals surface area contributed by atoms with Crippen molar-refractivity contribution in [3.63, 3.8) is 0 Å². The van der Waals surface area contributed by atoms with E-state index in [0.29, 0.717) is 5.69 Å². The first-order valence-electron chi connectivity index (χ1n) is 4.36. The van der Waals surface area contributed by atoms with Gasteiger partial charge in [0.2, 0.25) is 0 Å². The van der Waals surface area contributed by atoms with E-state index in [1.807, 2.05) is 32.0 Å². The van der Waals surface area contributed by atoms with E-state index in [4.69, 9.17) is 11.5 Å². The fourth-order valence-corrected chi connectivity index (χ4v) is 1.29. The summed E-state index contributed by atoms with van der Waals surface area (Å²) in [5.41, 5.74) is 12.0. The Morgan fingerprint density at radius 2 is 1.93 bits per heavy atom. The molecule has 5 N–H and O–H groups in total. The summed E-state index contributed by atoms with van der Waals surface area (Å²) in [5.74, 6) is 0. The van der Waals surface area contributed by atoms with Crippen molar-refractivity contribution in [2.24, 2.45) is 11.5 Å². The van der Waals surface area contributed by atoms with Crippen LogP contribution in [0.25, 0.3) is 0 Å². The van der Waals surface area contributed by atoms with Crippen LogP contribution in [0.5, 0.6) is 0 Å². The highest BCUT2D eigenvalue weighted by Gasteiger charge is 2.18. The molecule has 0 fully saturated rings. The number of rotatable bonds is 2. The summed E-state index contributed by atoms with van der Waals surface area (Å²) in [4.78, 5) is 10.7. The molecule has 0 saturated carbocycles. The molecule has 2 amide bonds. The zero-order valence-electron chi connectivity index (χ0n) is 8.37. The molecule has 1 aromatic rings. The third-order valence-electron chi connectivity index (χ3n) is 1.88. The maximum absolute atomic E-state index is 10.7. The molecule has 0 unspecified atom stereocenters. The van der Waals surface area contributed by atoms with Gasteiger partial charge in [-0.05, 0) is 25.5 Å². The molecule has 0 aromatic heterocycles. The van der Waals surface area contributed by atoms with Crippen LogP contribution in [0.3, 0.4) is 0 Å². The van der Waals surface area contributed by atoms with Crippen molar-refractivity contribution in [3.05, 3.63) is 29.8 Å². The Bertz CT molecular complexity index is 341. The van der Waals surface area contributed by atoms with E-state index in [9.17, 15) is 4.79 Å². The van der Waals surface area contributed by atoms with Gasteiger partial charge in [-0.3, -0.25) is 0 Å². The lowest BCUT2D eigenvalue weighted by molar-refractivity contribution is 0.259. The third-order valence-corrected chi connectivity index (χ3v) is 1.88. The first kappa shape index (κ1) is 10.5. The van der Waals surface area contributed by atoms with Crippen LogP contribution in [0, 0.1) is 0 Å². The molecule has 0 aliphatic rings. The Morgan fingerprint density at radius 3 is 2.43 bits per heavy atom. The van der Waals surface area contributed by atoms with Gasteiger partial charge in [-0.25, -0.2) is 4.79 Å². The van der Waals surface area contributed by atoms with E-state index in [0.717, 1.165) is 5.56 Å². The lowest BCUT2D eigenvalue weighted by Gasteiger charge is -2.22. The zero-order valence-corrected chi connectivity index (χ0v) is 8.37. The summed E-state index contributed by atoms with van der Waals surface area (Å²) < 4.78 is 0. The number of amides is 2. The van der Waals surface area contributed by atoms with Crippen molar-refractivity contribution >= 4 is 11.7 Å². The highest BCUT2D eigenvalue weighted by Crippen LogP contribution is 2.24. The van der Waals surface area contributed by atoms with Gasteiger partial charge in [0.1, 0.15) is 0 Å². The highest BCUT2D eigenvalue weighted by atomic mass is 16.2. The number of hydrogen-bond acceptors (Lipinski definition) is 2. The van der Waals surface area contributed by atoms with Gasteiger partial charge in [0.05, 0.1) is 0 Å². The molecule has 4 heteroatoms. The van der Waals surface area contributed by atoms with Gasteiger partial charge in [-0.1, -0.05) is 18.2 Å². The van der Waals surface area contributed by atoms with Crippen molar-refractivity contribution in [2.45, 2.75) is 19.4 Å². The minimum absolute atomic E-state index is 0.501. The van der Waals surface area contributed by atoms with Crippen LogP contribution in [-0.2, 0) is 5.54 Å². The predicted molar refractivity (Wildman–Crippen MR) is 56.9 cm³/mol. The summed E-state index contributed by atoms with van der Waals surface area (Å²) in [6.07, 6.45) is 0. The number of hydrogen-bond donors (Lipinski definition) is 3. The molecule has 1 aromatic carbocycles. The Morgan fingerprint density at radius 1 is 1.36 bits per heavy atom. The average molecular weight is 193 g/mol. The van der Waals surface area contributed by atoms with Gasteiger partial charge in [-0.15, -0.1) is 0 Å². The molecule has 0 saturated heterocycles. The number of carbonyl (C=O) groups is 1. The first-order valence-corrected chi connectivity index (χ1v) is 4.36. The Hall–Kier alpha value is -1.55. The lowest BCUT2D eigenvalue weighted by atomic mass is 9.94. The van der Waals surface area contributed by atoms with Crippen LogP contribution < -0.4 is 16.8 Å². The number of nitrogens with two attached hydrogens (primary N) is 2. The Balaban J connectivity index is 3.10. The van der Waals surface area contributed by atoms with Crippen molar-refractivity contribution < 1.29 is 4.79 Å². The summed E-state index contributed by atoms with van der Waals surface area (Å²) in [6.45, 7) is 3.74. The van der Waals surface area contributed by atoms with Gasteiger partial charge >= 0.3 is 6.03 Å². The second-order valence-electron chi connectivity index (χ2n) is 3.76. The largest absolute Gasteiger partial charge is 0.351 e. The molecule has 0 atom stereocenters. The maximum Gasteiger partial charge on any atom is 0.316 e. The fourth-order valence-electron chi connectivity index (χ4n) is 1.29. The number of nitrogens with one attached hydrogen (secondary N) is 1. The van der Waals surface area contributed by atoms with Crippen molar-refractivity contribution in [2.75, 3.05) is 5.32 Å². The Kier molecular flexibility index (Phi) is 2.76. The summed E-state index contributed by atoms with van der Waals surface area (Å²) in [5, 5.41) is 2.54. The summed E-state index contributed by atoms with van der Waals surface area (Å²) >= 11 is 0. The van der Waals surface area contributed by atoms with E-state index in [2.05, 4.69) is 5.32 Å². The quantitative estimate of drug-likeness (QED) is 0.663. The minimum Gasteiger partial charge on any atom is -0.351 e. The van der Waals surface area contributed by atoms with Crippen LogP contribution in [0.4, 0.5) is 10.5 Å². The molecule has 14 heavy (non-hydrogen) atoms. The van der Waals surface area contributed by atoms with Crippen LogP contribution in [0.2, 0.25) is 0 Å². The number of anilines is 1. The van der Waals surface area contributed by atoms with E-state index in [-0.39, 0.29) is 0 Å². The topological polar surface area (TPSA) is 81.1 Å². The summed E-state index contributed by atoms with van der Waals surface area (Å²) in [7, 11) is 0. The third kappa shape index (κ3) is 2.47. The maximum atomic E-state index is 10.7. The molecular formula is C10H15N3O. The normalized spacial score (nSPS) is 11.1. The van der Waals surface area contributed by atoms with Gasteiger partial charge in [0, 0.05) is 11.2 Å². The van der Waals surface area contributed by atoms with Crippen LogP contribution in [-0.4, -0.2) is 6.03 Å². The Labute approximate surface area is 83.3 Å².